The second-order valence-electron chi connectivity index (χ2n) is 4.77. The Kier molecular flexibility index (Phi) is 5.35. The highest BCUT2D eigenvalue weighted by molar-refractivity contribution is 5.57. The molecular weight excluding hydrogens is 292 g/mol. The fourth-order valence-corrected chi connectivity index (χ4v) is 1.82. The molecule has 0 spiro atoms. The molecule has 1 unspecified atom stereocenters. The minimum absolute atomic E-state index is 0.119. The molecule has 0 saturated heterocycles. The predicted octanol–water partition coefficient (Wildman–Crippen LogP) is 1.75. The number of halogens is 2. The first-order valence-corrected chi connectivity index (χ1v) is 6.89. The summed E-state index contributed by atoms with van der Waals surface area (Å²) in [6.07, 6.45) is -0.275. The van der Waals surface area contributed by atoms with E-state index in [9.17, 15) is 13.9 Å². The number of anilines is 1. The van der Waals surface area contributed by atoms with Crippen LogP contribution in [0.2, 0.25) is 0 Å². The molecule has 22 heavy (non-hydrogen) atoms. The van der Waals surface area contributed by atoms with Gasteiger partial charge in [0.25, 0.3) is 0 Å². The highest BCUT2D eigenvalue weighted by Gasteiger charge is 2.10. The second-order valence-corrected chi connectivity index (χ2v) is 4.77. The molecule has 1 aromatic heterocycles. The molecule has 0 saturated carbocycles. The van der Waals surface area contributed by atoms with E-state index in [0.717, 1.165) is 17.8 Å². The average Bonchev–Trinajstić information content (AvgIpc) is 2.54. The summed E-state index contributed by atoms with van der Waals surface area (Å²) in [5, 5.41) is 21.0. The largest absolute Gasteiger partial charge is 0.394 e. The quantitative estimate of drug-likeness (QED) is 0.758. The Balaban J connectivity index is 2.32. The Morgan fingerprint density at radius 3 is 2.59 bits per heavy atom. The summed E-state index contributed by atoms with van der Waals surface area (Å²) >= 11 is 0. The Bertz CT molecular complexity index is 653. The van der Waals surface area contributed by atoms with Crippen LogP contribution in [0.3, 0.4) is 0 Å². The van der Waals surface area contributed by atoms with Crippen LogP contribution in [0.5, 0.6) is 0 Å². The third-order valence-corrected chi connectivity index (χ3v) is 3.05. The van der Waals surface area contributed by atoms with Crippen molar-refractivity contribution in [3.05, 3.63) is 41.6 Å². The van der Waals surface area contributed by atoms with Crippen molar-refractivity contribution in [3.63, 3.8) is 0 Å². The van der Waals surface area contributed by atoms with E-state index in [1.54, 1.807) is 6.07 Å². The van der Waals surface area contributed by atoms with Crippen LogP contribution >= 0.6 is 0 Å². The van der Waals surface area contributed by atoms with Gasteiger partial charge in [0.05, 0.1) is 12.7 Å². The molecule has 118 valence electrons. The van der Waals surface area contributed by atoms with Gasteiger partial charge in [0.2, 0.25) is 0 Å². The molecule has 1 heterocycles. The topological polar surface area (TPSA) is 78.3 Å². The lowest BCUT2D eigenvalue weighted by Gasteiger charge is -2.12. The molecule has 0 bridgehead atoms. The van der Waals surface area contributed by atoms with Crippen molar-refractivity contribution >= 4 is 5.82 Å². The summed E-state index contributed by atoms with van der Waals surface area (Å²) in [7, 11) is 0. The van der Waals surface area contributed by atoms with E-state index in [0.29, 0.717) is 17.8 Å². The second kappa shape index (κ2) is 7.24. The molecule has 0 fully saturated rings. The van der Waals surface area contributed by atoms with Crippen molar-refractivity contribution in [2.24, 2.45) is 0 Å². The van der Waals surface area contributed by atoms with Gasteiger partial charge in [-0.25, -0.2) is 18.7 Å². The number of aliphatic hydroxyl groups is 2. The van der Waals surface area contributed by atoms with Crippen LogP contribution in [-0.4, -0.2) is 39.4 Å². The Labute approximate surface area is 126 Å². The van der Waals surface area contributed by atoms with Crippen molar-refractivity contribution in [1.82, 2.24) is 9.97 Å². The van der Waals surface area contributed by atoms with E-state index in [2.05, 4.69) is 15.3 Å². The Morgan fingerprint density at radius 2 is 1.95 bits per heavy atom. The number of aromatic nitrogens is 2. The Morgan fingerprint density at radius 1 is 1.18 bits per heavy atom. The lowest BCUT2D eigenvalue weighted by Crippen LogP contribution is -2.23. The standard InChI is InChI=1S/C15H17F2N3O2/c1-2-10-6-14(18-7-11(22)8-21)20-15(19-10)9-3-4-12(16)13(17)5-9/h3-6,11,21-22H,2,7-8H2,1H3,(H,18,19,20). The van der Waals surface area contributed by atoms with E-state index in [1.165, 1.54) is 6.07 Å². The maximum atomic E-state index is 13.3. The maximum absolute atomic E-state index is 13.3. The van der Waals surface area contributed by atoms with Crippen LogP contribution in [0.15, 0.2) is 24.3 Å². The molecule has 1 aromatic carbocycles. The molecule has 3 N–H and O–H groups in total. The van der Waals surface area contributed by atoms with Crippen molar-refractivity contribution in [2.75, 3.05) is 18.5 Å². The highest BCUT2D eigenvalue weighted by atomic mass is 19.2. The lowest BCUT2D eigenvalue weighted by molar-refractivity contribution is 0.105. The smallest absolute Gasteiger partial charge is 0.161 e. The third-order valence-electron chi connectivity index (χ3n) is 3.05. The number of nitrogens with one attached hydrogen (secondary N) is 1. The number of aryl methyl sites for hydroxylation is 1. The minimum atomic E-state index is -0.965. The minimum Gasteiger partial charge on any atom is -0.394 e. The summed E-state index contributed by atoms with van der Waals surface area (Å²) in [5.41, 5.74) is 1.08. The monoisotopic (exact) mass is 309 g/mol. The zero-order valence-electron chi connectivity index (χ0n) is 12.1. The van der Waals surface area contributed by atoms with E-state index in [4.69, 9.17) is 5.11 Å². The van der Waals surface area contributed by atoms with E-state index in [1.807, 2.05) is 6.92 Å². The average molecular weight is 309 g/mol. The summed E-state index contributed by atoms with van der Waals surface area (Å²) in [6.45, 7) is 1.66. The van der Waals surface area contributed by atoms with Crippen molar-refractivity contribution in [2.45, 2.75) is 19.4 Å². The van der Waals surface area contributed by atoms with Crippen molar-refractivity contribution in [1.29, 1.82) is 0 Å². The van der Waals surface area contributed by atoms with Gasteiger partial charge in [-0.3, -0.25) is 0 Å². The molecule has 2 rings (SSSR count). The van der Waals surface area contributed by atoms with Crippen LogP contribution in [0.1, 0.15) is 12.6 Å². The molecule has 1 atom stereocenters. The molecule has 0 aliphatic carbocycles. The van der Waals surface area contributed by atoms with Gasteiger partial charge in [0, 0.05) is 23.9 Å². The SMILES string of the molecule is CCc1cc(NCC(O)CO)nc(-c2ccc(F)c(F)c2)n1. The van der Waals surface area contributed by atoms with Gasteiger partial charge >= 0.3 is 0 Å². The predicted molar refractivity (Wildman–Crippen MR) is 78.3 cm³/mol. The first kappa shape index (κ1) is 16.3. The highest BCUT2D eigenvalue weighted by Crippen LogP contribution is 2.20. The number of rotatable bonds is 6. The number of nitrogens with zero attached hydrogens (tertiary/aromatic N) is 2. The fraction of sp³-hybridized carbons (Fsp3) is 0.333. The fourth-order valence-electron chi connectivity index (χ4n) is 1.82. The lowest BCUT2D eigenvalue weighted by atomic mass is 10.2. The Hall–Kier alpha value is -2.12. The van der Waals surface area contributed by atoms with Gasteiger partial charge in [-0.15, -0.1) is 0 Å². The summed E-state index contributed by atoms with van der Waals surface area (Å²) in [6, 6.07) is 5.17. The summed E-state index contributed by atoms with van der Waals surface area (Å²) in [5.74, 6) is -1.19. The molecule has 5 nitrogen and oxygen atoms in total. The van der Waals surface area contributed by atoms with Gasteiger partial charge < -0.3 is 15.5 Å². The van der Waals surface area contributed by atoms with Crippen LogP contribution in [0, 0.1) is 11.6 Å². The summed E-state index contributed by atoms with van der Waals surface area (Å²) in [4.78, 5) is 8.51. The van der Waals surface area contributed by atoms with Gasteiger partial charge in [-0.05, 0) is 24.6 Å². The summed E-state index contributed by atoms with van der Waals surface area (Å²) < 4.78 is 26.3. The van der Waals surface area contributed by atoms with Gasteiger partial charge in [0.15, 0.2) is 17.5 Å². The van der Waals surface area contributed by atoms with E-state index in [-0.39, 0.29) is 19.0 Å². The molecule has 7 heteroatoms. The maximum Gasteiger partial charge on any atom is 0.161 e. The zero-order valence-corrected chi connectivity index (χ0v) is 12.1. The van der Waals surface area contributed by atoms with E-state index < -0.39 is 17.7 Å². The van der Waals surface area contributed by atoms with Crippen LogP contribution in [0.4, 0.5) is 14.6 Å². The number of aliphatic hydroxyl groups excluding tert-OH is 2. The molecular formula is C15H17F2N3O2. The molecule has 0 aliphatic heterocycles. The normalized spacial score (nSPS) is 12.2. The number of hydrogen-bond acceptors (Lipinski definition) is 5. The first-order chi connectivity index (χ1) is 10.5. The van der Waals surface area contributed by atoms with Crippen molar-refractivity contribution < 1.29 is 19.0 Å². The molecule has 0 aliphatic rings. The first-order valence-electron chi connectivity index (χ1n) is 6.89. The van der Waals surface area contributed by atoms with Gasteiger partial charge in [0.1, 0.15) is 5.82 Å². The van der Waals surface area contributed by atoms with Crippen molar-refractivity contribution in [3.8, 4) is 11.4 Å². The van der Waals surface area contributed by atoms with Gasteiger partial charge in [-0.2, -0.15) is 0 Å². The van der Waals surface area contributed by atoms with Crippen LogP contribution in [-0.2, 0) is 6.42 Å². The number of benzene rings is 1. The van der Waals surface area contributed by atoms with Crippen LogP contribution in [0.25, 0.3) is 11.4 Å². The molecule has 0 radical (unpaired) electrons. The molecule has 2 aromatic rings. The third kappa shape index (κ3) is 3.96. The van der Waals surface area contributed by atoms with Gasteiger partial charge in [-0.1, -0.05) is 6.92 Å². The van der Waals surface area contributed by atoms with E-state index >= 15 is 0 Å². The zero-order chi connectivity index (χ0) is 16.1. The molecule has 0 amide bonds. The van der Waals surface area contributed by atoms with Crippen LogP contribution < -0.4 is 5.32 Å². The number of hydrogen-bond donors (Lipinski definition) is 3.